The minimum atomic E-state index is 0.187. The predicted octanol–water partition coefficient (Wildman–Crippen LogP) is 0.853. The standard InChI is InChI=1S/C10H20N2O/c1-10(2,3)12-6-5-8(7-12)9(13)11-4/h8H,5-7H2,1-4H3,(H,11,13)/t8-/m1/s1. The lowest BCUT2D eigenvalue weighted by Crippen LogP contribution is -2.40. The number of nitrogens with zero attached hydrogens (tertiary/aromatic N) is 1. The van der Waals surface area contributed by atoms with Crippen molar-refractivity contribution in [3.05, 3.63) is 0 Å². The van der Waals surface area contributed by atoms with Gasteiger partial charge >= 0.3 is 0 Å². The molecule has 1 heterocycles. The number of hydrogen-bond acceptors (Lipinski definition) is 2. The van der Waals surface area contributed by atoms with Gasteiger partial charge in [-0.15, -0.1) is 0 Å². The van der Waals surface area contributed by atoms with Crippen LogP contribution < -0.4 is 5.32 Å². The van der Waals surface area contributed by atoms with Gasteiger partial charge in [0, 0.05) is 19.1 Å². The van der Waals surface area contributed by atoms with E-state index in [0.717, 1.165) is 19.5 Å². The highest BCUT2D eigenvalue weighted by Gasteiger charge is 2.33. The molecule has 0 aliphatic carbocycles. The molecule has 0 radical (unpaired) electrons. The van der Waals surface area contributed by atoms with E-state index in [4.69, 9.17) is 0 Å². The van der Waals surface area contributed by atoms with Crippen LogP contribution >= 0.6 is 0 Å². The van der Waals surface area contributed by atoms with Crippen molar-refractivity contribution in [2.24, 2.45) is 5.92 Å². The summed E-state index contributed by atoms with van der Waals surface area (Å²) in [6, 6.07) is 0. The second-order valence-electron chi connectivity index (χ2n) is 4.72. The molecule has 0 unspecified atom stereocenters. The SMILES string of the molecule is CNC(=O)[C@@H]1CCN(C(C)(C)C)C1. The number of nitrogens with one attached hydrogen (secondary N) is 1. The normalized spacial score (nSPS) is 24.8. The molecule has 3 heteroatoms. The van der Waals surface area contributed by atoms with Gasteiger partial charge in [-0.05, 0) is 33.7 Å². The molecule has 13 heavy (non-hydrogen) atoms. The molecule has 1 rings (SSSR count). The third kappa shape index (κ3) is 2.44. The van der Waals surface area contributed by atoms with Crippen molar-refractivity contribution in [1.29, 1.82) is 0 Å². The third-order valence-electron chi connectivity index (χ3n) is 2.75. The minimum absolute atomic E-state index is 0.187. The van der Waals surface area contributed by atoms with Gasteiger partial charge < -0.3 is 5.32 Å². The van der Waals surface area contributed by atoms with Crippen LogP contribution in [0.25, 0.3) is 0 Å². The molecule has 1 atom stereocenters. The Kier molecular flexibility index (Phi) is 2.96. The number of carbonyl (C=O) groups is 1. The number of amides is 1. The smallest absolute Gasteiger partial charge is 0.224 e. The molecule has 1 aliphatic rings. The minimum Gasteiger partial charge on any atom is -0.359 e. The molecule has 0 aromatic heterocycles. The fourth-order valence-electron chi connectivity index (χ4n) is 1.79. The van der Waals surface area contributed by atoms with Crippen LogP contribution in [0.1, 0.15) is 27.2 Å². The molecule has 0 saturated carbocycles. The maximum absolute atomic E-state index is 11.3. The molecule has 3 nitrogen and oxygen atoms in total. The molecule has 0 aromatic carbocycles. The Hall–Kier alpha value is -0.570. The van der Waals surface area contributed by atoms with Crippen LogP contribution in [0.4, 0.5) is 0 Å². The van der Waals surface area contributed by atoms with Gasteiger partial charge in [0.2, 0.25) is 5.91 Å². The van der Waals surface area contributed by atoms with Crippen molar-refractivity contribution in [2.75, 3.05) is 20.1 Å². The van der Waals surface area contributed by atoms with E-state index in [1.165, 1.54) is 0 Å². The molecule has 0 spiro atoms. The zero-order valence-electron chi connectivity index (χ0n) is 9.05. The van der Waals surface area contributed by atoms with Crippen LogP contribution in [0.15, 0.2) is 0 Å². The molecule has 1 fully saturated rings. The van der Waals surface area contributed by atoms with Crippen LogP contribution in [0.3, 0.4) is 0 Å². The highest BCUT2D eigenvalue weighted by Crippen LogP contribution is 2.24. The summed E-state index contributed by atoms with van der Waals surface area (Å²) in [5.41, 5.74) is 0.197. The average Bonchev–Trinajstić information content (AvgIpc) is 2.50. The third-order valence-corrected chi connectivity index (χ3v) is 2.75. The maximum Gasteiger partial charge on any atom is 0.224 e. The summed E-state index contributed by atoms with van der Waals surface area (Å²) in [5.74, 6) is 0.385. The van der Waals surface area contributed by atoms with Crippen LogP contribution in [0.5, 0.6) is 0 Å². The fraction of sp³-hybridized carbons (Fsp3) is 0.900. The van der Waals surface area contributed by atoms with Crippen molar-refractivity contribution in [3.63, 3.8) is 0 Å². The van der Waals surface area contributed by atoms with Gasteiger partial charge in [0.05, 0.1) is 5.92 Å². The quantitative estimate of drug-likeness (QED) is 0.655. The molecule has 0 bridgehead atoms. The first-order valence-corrected chi connectivity index (χ1v) is 4.92. The van der Waals surface area contributed by atoms with Crippen molar-refractivity contribution in [1.82, 2.24) is 10.2 Å². The van der Waals surface area contributed by atoms with Crippen LogP contribution in [0, 0.1) is 5.92 Å². The highest BCUT2D eigenvalue weighted by atomic mass is 16.1. The van der Waals surface area contributed by atoms with Crippen LogP contribution in [-0.2, 0) is 4.79 Å². The van der Waals surface area contributed by atoms with E-state index in [2.05, 4.69) is 31.0 Å². The lowest BCUT2D eigenvalue weighted by Gasteiger charge is -2.31. The zero-order valence-corrected chi connectivity index (χ0v) is 9.05. The summed E-state index contributed by atoms with van der Waals surface area (Å²) < 4.78 is 0. The Labute approximate surface area is 80.5 Å². The highest BCUT2D eigenvalue weighted by molar-refractivity contribution is 5.78. The lowest BCUT2D eigenvalue weighted by atomic mass is 10.1. The van der Waals surface area contributed by atoms with E-state index in [1.807, 2.05) is 0 Å². The Bertz CT molecular complexity index is 196. The first kappa shape index (κ1) is 10.5. The summed E-state index contributed by atoms with van der Waals surface area (Å²) in [7, 11) is 1.71. The first-order chi connectivity index (χ1) is 5.95. The number of likely N-dealkylation sites (tertiary alicyclic amines) is 1. The molecular weight excluding hydrogens is 164 g/mol. The molecule has 1 amide bonds. The van der Waals surface area contributed by atoms with E-state index in [1.54, 1.807) is 7.05 Å². The Balaban J connectivity index is 2.50. The van der Waals surface area contributed by atoms with E-state index in [-0.39, 0.29) is 17.4 Å². The summed E-state index contributed by atoms with van der Waals surface area (Å²) in [6.07, 6.45) is 0.997. The van der Waals surface area contributed by atoms with E-state index in [0.29, 0.717) is 0 Å². The van der Waals surface area contributed by atoms with Gasteiger partial charge in [0.1, 0.15) is 0 Å². The first-order valence-electron chi connectivity index (χ1n) is 4.92. The maximum atomic E-state index is 11.3. The van der Waals surface area contributed by atoms with Gasteiger partial charge in [-0.25, -0.2) is 0 Å². The van der Waals surface area contributed by atoms with Gasteiger partial charge in [-0.1, -0.05) is 0 Å². The Morgan fingerprint density at radius 1 is 1.46 bits per heavy atom. The molecule has 76 valence electrons. The largest absolute Gasteiger partial charge is 0.359 e. The van der Waals surface area contributed by atoms with Gasteiger partial charge in [0.15, 0.2) is 0 Å². The average molecular weight is 184 g/mol. The van der Waals surface area contributed by atoms with Gasteiger partial charge in [-0.2, -0.15) is 0 Å². The van der Waals surface area contributed by atoms with Crippen LogP contribution in [-0.4, -0.2) is 36.5 Å². The molecule has 1 saturated heterocycles. The molecular formula is C10H20N2O. The number of rotatable bonds is 1. The molecule has 1 N–H and O–H groups in total. The molecule has 1 aliphatic heterocycles. The lowest BCUT2D eigenvalue weighted by molar-refractivity contribution is -0.124. The zero-order chi connectivity index (χ0) is 10.1. The van der Waals surface area contributed by atoms with E-state index >= 15 is 0 Å². The van der Waals surface area contributed by atoms with Gasteiger partial charge in [0.25, 0.3) is 0 Å². The predicted molar refractivity (Wildman–Crippen MR) is 53.5 cm³/mol. The van der Waals surface area contributed by atoms with Crippen LogP contribution in [0.2, 0.25) is 0 Å². The molecule has 0 aromatic rings. The number of hydrogen-bond donors (Lipinski definition) is 1. The Morgan fingerprint density at radius 2 is 2.08 bits per heavy atom. The topological polar surface area (TPSA) is 32.3 Å². The van der Waals surface area contributed by atoms with Crippen molar-refractivity contribution >= 4 is 5.91 Å². The van der Waals surface area contributed by atoms with Crippen molar-refractivity contribution < 1.29 is 4.79 Å². The summed E-state index contributed by atoms with van der Waals surface area (Å²) in [4.78, 5) is 13.7. The fourth-order valence-corrected chi connectivity index (χ4v) is 1.79. The Morgan fingerprint density at radius 3 is 2.46 bits per heavy atom. The number of carbonyl (C=O) groups excluding carboxylic acids is 1. The van der Waals surface area contributed by atoms with E-state index < -0.39 is 0 Å². The second-order valence-corrected chi connectivity index (χ2v) is 4.72. The summed E-state index contributed by atoms with van der Waals surface area (Å²) in [5, 5.41) is 2.71. The van der Waals surface area contributed by atoms with Crippen molar-refractivity contribution in [2.45, 2.75) is 32.7 Å². The summed E-state index contributed by atoms with van der Waals surface area (Å²) >= 11 is 0. The van der Waals surface area contributed by atoms with E-state index in [9.17, 15) is 4.79 Å². The second kappa shape index (κ2) is 3.66. The van der Waals surface area contributed by atoms with Crippen molar-refractivity contribution in [3.8, 4) is 0 Å². The summed E-state index contributed by atoms with van der Waals surface area (Å²) in [6.45, 7) is 8.53. The van der Waals surface area contributed by atoms with Gasteiger partial charge in [-0.3, -0.25) is 9.69 Å². The monoisotopic (exact) mass is 184 g/mol.